The van der Waals surface area contributed by atoms with E-state index in [1.807, 2.05) is 0 Å². The number of nitrogens with one attached hydrogen (secondary N) is 2. The van der Waals surface area contributed by atoms with E-state index < -0.39 is 29.7 Å². The highest BCUT2D eigenvalue weighted by atomic mass is 16.3. The molecule has 2 aliphatic rings. The first-order valence-electron chi connectivity index (χ1n) is 9.50. The lowest BCUT2D eigenvalue weighted by Gasteiger charge is -2.27. The van der Waals surface area contributed by atoms with E-state index in [0.717, 1.165) is 4.90 Å². The van der Waals surface area contributed by atoms with E-state index in [0.29, 0.717) is 24.4 Å². The van der Waals surface area contributed by atoms with Crippen LogP contribution in [0.4, 0.5) is 5.69 Å². The van der Waals surface area contributed by atoms with Gasteiger partial charge in [0, 0.05) is 37.0 Å². The summed E-state index contributed by atoms with van der Waals surface area (Å²) in [6.45, 7) is 0.507. The molecular weight excluding hydrogens is 392 g/mol. The molecule has 30 heavy (non-hydrogen) atoms. The van der Waals surface area contributed by atoms with Crippen LogP contribution in [0.3, 0.4) is 0 Å². The molecule has 0 saturated carbocycles. The standard InChI is InChI=1S/C19H24N6O5/c20-11(10-24(21)8-9-26)6-7-22-13-3-1-2-12-16(13)19(30)25(18(12)29)14-4-5-15(27)23-17(14)28/h1-3,10,14,22,26H,4-9,20-21H2,(H,23,27,28)/b11-10-. The first-order valence-corrected chi connectivity index (χ1v) is 9.50. The molecule has 2 aliphatic heterocycles. The number of rotatable bonds is 8. The number of anilines is 1. The fraction of sp³-hybridized carbons (Fsp3) is 0.368. The van der Waals surface area contributed by atoms with Crippen molar-refractivity contribution < 1.29 is 24.3 Å². The average molecular weight is 416 g/mol. The van der Waals surface area contributed by atoms with E-state index in [9.17, 15) is 19.2 Å². The maximum atomic E-state index is 13.0. The van der Waals surface area contributed by atoms with Gasteiger partial charge >= 0.3 is 0 Å². The molecule has 1 saturated heterocycles. The Morgan fingerprint density at radius 2 is 2.07 bits per heavy atom. The third kappa shape index (κ3) is 4.26. The van der Waals surface area contributed by atoms with Gasteiger partial charge in [-0.1, -0.05) is 6.07 Å². The van der Waals surface area contributed by atoms with Crippen molar-refractivity contribution in [3.05, 3.63) is 41.2 Å². The molecule has 1 aromatic rings. The fourth-order valence-corrected chi connectivity index (χ4v) is 3.46. The molecule has 0 bridgehead atoms. The molecule has 2 heterocycles. The van der Waals surface area contributed by atoms with E-state index in [4.69, 9.17) is 16.7 Å². The molecule has 11 heteroatoms. The summed E-state index contributed by atoms with van der Waals surface area (Å²) in [4.78, 5) is 50.2. The van der Waals surface area contributed by atoms with Crippen molar-refractivity contribution in [2.75, 3.05) is 25.0 Å². The van der Waals surface area contributed by atoms with Crippen LogP contribution in [0, 0.1) is 0 Å². The Morgan fingerprint density at radius 1 is 1.30 bits per heavy atom. The zero-order valence-electron chi connectivity index (χ0n) is 16.3. The number of nitrogens with two attached hydrogens (primary N) is 2. The van der Waals surface area contributed by atoms with E-state index in [1.165, 1.54) is 17.3 Å². The number of fused-ring (bicyclic) bond motifs is 1. The van der Waals surface area contributed by atoms with Gasteiger partial charge in [0.25, 0.3) is 11.8 Å². The van der Waals surface area contributed by atoms with Gasteiger partial charge in [-0.2, -0.15) is 0 Å². The summed E-state index contributed by atoms with van der Waals surface area (Å²) in [5.74, 6) is 3.43. The molecular formula is C19H24N6O5. The summed E-state index contributed by atoms with van der Waals surface area (Å²) >= 11 is 0. The van der Waals surface area contributed by atoms with Crippen LogP contribution in [0.15, 0.2) is 30.1 Å². The third-order valence-electron chi connectivity index (χ3n) is 4.89. The Labute approximate surface area is 172 Å². The topological polar surface area (TPSA) is 171 Å². The molecule has 11 nitrogen and oxygen atoms in total. The summed E-state index contributed by atoms with van der Waals surface area (Å²) < 4.78 is 0. The number of amides is 4. The minimum atomic E-state index is -1.01. The van der Waals surface area contributed by atoms with Crippen LogP contribution in [0.1, 0.15) is 40.0 Å². The second kappa shape index (κ2) is 8.93. The molecule has 0 aromatic heterocycles. The fourth-order valence-electron chi connectivity index (χ4n) is 3.46. The van der Waals surface area contributed by atoms with E-state index >= 15 is 0 Å². The summed E-state index contributed by atoms with van der Waals surface area (Å²) in [6.07, 6.45) is 2.08. The molecule has 0 aliphatic carbocycles. The number of hydrazine groups is 1. The highest BCUT2D eigenvalue weighted by molar-refractivity contribution is 6.25. The minimum absolute atomic E-state index is 0.0645. The highest BCUT2D eigenvalue weighted by Crippen LogP contribution is 2.32. The number of benzene rings is 1. The second-order valence-corrected chi connectivity index (χ2v) is 7.02. The molecule has 1 unspecified atom stereocenters. The van der Waals surface area contributed by atoms with Crippen LogP contribution in [0.25, 0.3) is 0 Å². The normalized spacial score (nSPS) is 19.1. The quantitative estimate of drug-likeness (QED) is 0.199. The number of nitrogens with zero attached hydrogens (tertiary/aromatic N) is 2. The Morgan fingerprint density at radius 3 is 2.77 bits per heavy atom. The summed E-state index contributed by atoms with van der Waals surface area (Å²) in [5.41, 5.74) is 7.21. The van der Waals surface area contributed by atoms with Gasteiger partial charge in [0.1, 0.15) is 6.04 Å². The lowest BCUT2D eigenvalue weighted by atomic mass is 10.0. The summed E-state index contributed by atoms with van der Waals surface area (Å²) in [5, 5.41) is 15.4. The maximum Gasteiger partial charge on any atom is 0.264 e. The summed E-state index contributed by atoms with van der Waals surface area (Å²) in [6, 6.07) is 3.83. The molecule has 0 spiro atoms. The number of hydrogen-bond donors (Lipinski definition) is 5. The number of carbonyl (C=O) groups excluding carboxylic acids is 4. The van der Waals surface area contributed by atoms with Crippen molar-refractivity contribution in [3.63, 3.8) is 0 Å². The Balaban J connectivity index is 1.72. The molecule has 3 rings (SSSR count). The predicted molar refractivity (Wildman–Crippen MR) is 106 cm³/mol. The van der Waals surface area contributed by atoms with E-state index in [2.05, 4.69) is 10.6 Å². The van der Waals surface area contributed by atoms with Crippen LogP contribution in [0.2, 0.25) is 0 Å². The number of hydrogen-bond acceptors (Lipinski definition) is 9. The van der Waals surface area contributed by atoms with Gasteiger partial charge in [-0.05, 0) is 18.6 Å². The minimum Gasteiger partial charge on any atom is -0.401 e. The van der Waals surface area contributed by atoms with Gasteiger partial charge in [-0.25, -0.2) is 5.84 Å². The van der Waals surface area contributed by atoms with Crippen molar-refractivity contribution in [3.8, 4) is 0 Å². The van der Waals surface area contributed by atoms with Crippen molar-refractivity contribution in [2.45, 2.75) is 25.3 Å². The van der Waals surface area contributed by atoms with Crippen LogP contribution in [-0.4, -0.2) is 64.4 Å². The van der Waals surface area contributed by atoms with Gasteiger partial charge in [0.2, 0.25) is 11.8 Å². The monoisotopic (exact) mass is 416 g/mol. The van der Waals surface area contributed by atoms with Gasteiger partial charge in [0.05, 0.1) is 24.3 Å². The van der Waals surface area contributed by atoms with Crippen molar-refractivity contribution >= 4 is 29.3 Å². The Bertz CT molecular complexity index is 915. The molecule has 1 aromatic carbocycles. The first kappa shape index (κ1) is 21.3. The predicted octanol–water partition coefficient (Wildman–Crippen LogP) is -1.14. The third-order valence-corrected chi connectivity index (χ3v) is 4.89. The van der Waals surface area contributed by atoms with Gasteiger partial charge in [0.15, 0.2) is 0 Å². The number of piperidine rings is 1. The largest absolute Gasteiger partial charge is 0.401 e. The highest BCUT2D eigenvalue weighted by Gasteiger charge is 2.45. The molecule has 1 atom stereocenters. The lowest BCUT2D eigenvalue weighted by molar-refractivity contribution is -0.136. The van der Waals surface area contributed by atoms with Crippen molar-refractivity contribution in [1.82, 2.24) is 15.2 Å². The first-order chi connectivity index (χ1) is 14.3. The second-order valence-electron chi connectivity index (χ2n) is 7.02. The lowest BCUT2D eigenvalue weighted by Crippen LogP contribution is -2.54. The SMILES string of the molecule is N/C(=C\N(N)CCO)CCNc1cccc2c1C(=O)N(C1CCC(=O)NC1=O)C2=O. The van der Waals surface area contributed by atoms with Crippen LogP contribution >= 0.6 is 0 Å². The Kier molecular flexibility index (Phi) is 6.33. The van der Waals surface area contributed by atoms with Crippen LogP contribution in [-0.2, 0) is 9.59 Å². The average Bonchev–Trinajstić information content (AvgIpc) is 2.94. The van der Waals surface area contributed by atoms with Crippen LogP contribution in [0.5, 0.6) is 0 Å². The number of carbonyl (C=O) groups is 4. The van der Waals surface area contributed by atoms with E-state index in [1.54, 1.807) is 12.1 Å². The van der Waals surface area contributed by atoms with Crippen molar-refractivity contribution in [1.29, 1.82) is 0 Å². The zero-order chi connectivity index (χ0) is 21.8. The molecule has 0 radical (unpaired) electrons. The Hall–Kier alpha value is -3.44. The van der Waals surface area contributed by atoms with Gasteiger partial charge in [-0.15, -0.1) is 0 Å². The molecule has 160 valence electrons. The molecule has 7 N–H and O–H groups in total. The number of imide groups is 2. The van der Waals surface area contributed by atoms with Crippen molar-refractivity contribution in [2.24, 2.45) is 11.6 Å². The van der Waals surface area contributed by atoms with E-state index in [-0.39, 0.29) is 37.1 Å². The van der Waals surface area contributed by atoms with Crippen LogP contribution < -0.4 is 22.2 Å². The maximum absolute atomic E-state index is 13.0. The van der Waals surface area contributed by atoms with Gasteiger partial charge in [-0.3, -0.25) is 29.4 Å². The number of aliphatic hydroxyl groups excluding tert-OH is 1. The summed E-state index contributed by atoms with van der Waals surface area (Å²) in [7, 11) is 0. The number of aliphatic hydroxyl groups is 1. The smallest absolute Gasteiger partial charge is 0.264 e. The molecule has 4 amide bonds. The zero-order valence-corrected chi connectivity index (χ0v) is 16.3. The molecule has 1 fully saturated rings. The van der Waals surface area contributed by atoms with Gasteiger partial charge < -0.3 is 21.2 Å².